The van der Waals surface area contributed by atoms with Crippen LogP contribution in [0.3, 0.4) is 0 Å². The van der Waals surface area contributed by atoms with Crippen molar-refractivity contribution in [3.05, 3.63) is 107 Å². The van der Waals surface area contributed by atoms with Crippen molar-refractivity contribution in [2.75, 3.05) is 0 Å². The molecule has 7 nitrogen and oxygen atoms in total. The number of carbonyl (C=O) groups is 1. The second-order valence-electron chi connectivity index (χ2n) is 8.07. The van der Waals surface area contributed by atoms with Crippen LogP contribution in [0.5, 0.6) is 0 Å². The van der Waals surface area contributed by atoms with E-state index in [0.717, 1.165) is 50.4 Å². The summed E-state index contributed by atoms with van der Waals surface area (Å²) in [5.74, 6) is -0.950. The molecule has 2 aliphatic heterocycles. The van der Waals surface area contributed by atoms with Gasteiger partial charge in [-0.1, -0.05) is 12.1 Å². The minimum atomic E-state index is -0.950. The van der Waals surface area contributed by atoms with Crippen LogP contribution in [0.2, 0.25) is 0 Å². The van der Waals surface area contributed by atoms with Gasteiger partial charge in [0.05, 0.1) is 34.9 Å². The number of hydrogen-bond donors (Lipinski definition) is 4. The fourth-order valence-corrected chi connectivity index (χ4v) is 3.70. The standard InChI is InChI=1S/C20H14N4.C8H8O3.Zn/c1-2-14-10-16-5-6-18(23-16)12-20-8-7-19(24-20)11-17-4-3-15(22-17)9-13(1)21-14;9-5-6-1-3-7(4-2-6)8(10)11;/h1-12,21-22H;1-4,9H,5H2,(H,10,11);. The zero-order valence-electron chi connectivity index (χ0n) is 19.3. The van der Waals surface area contributed by atoms with Crippen molar-refractivity contribution in [2.24, 2.45) is 0 Å². The van der Waals surface area contributed by atoms with Crippen LogP contribution in [0.15, 0.2) is 72.8 Å². The maximum absolute atomic E-state index is 10.3. The molecular weight excluding hydrogens is 506 g/mol. The molecule has 4 N–H and O–H groups in total. The van der Waals surface area contributed by atoms with E-state index >= 15 is 0 Å². The second kappa shape index (κ2) is 11.1. The Kier molecular flexibility index (Phi) is 7.69. The van der Waals surface area contributed by atoms with Crippen LogP contribution in [0.25, 0.3) is 46.4 Å². The molecule has 36 heavy (non-hydrogen) atoms. The molecule has 0 atom stereocenters. The van der Waals surface area contributed by atoms with Crippen molar-refractivity contribution in [2.45, 2.75) is 6.61 Å². The quantitative estimate of drug-likeness (QED) is 0.221. The molecule has 0 radical (unpaired) electrons. The molecule has 0 saturated heterocycles. The molecule has 1 aromatic carbocycles. The molecule has 8 bridgehead atoms. The molecule has 0 saturated carbocycles. The van der Waals surface area contributed by atoms with E-state index in [1.54, 1.807) is 12.1 Å². The largest absolute Gasteiger partial charge is 0.478 e. The van der Waals surface area contributed by atoms with Crippen molar-refractivity contribution in [1.82, 2.24) is 19.9 Å². The van der Waals surface area contributed by atoms with Gasteiger partial charge in [-0.3, -0.25) is 0 Å². The molecule has 6 rings (SSSR count). The predicted octanol–water partition coefficient (Wildman–Crippen LogP) is 5.53. The summed E-state index contributed by atoms with van der Waals surface area (Å²) in [5.41, 5.74) is 8.82. The summed E-state index contributed by atoms with van der Waals surface area (Å²) in [5, 5.41) is 17.1. The number of nitrogens with zero attached hydrogens (tertiary/aromatic N) is 2. The summed E-state index contributed by atoms with van der Waals surface area (Å²) in [6, 6.07) is 22.5. The fourth-order valence-electron chi connectivity index (χ4n) is 3.70. The van der Waals surface area contributed by atoms with Crippen LogP contribution in [0, 0.1) is 0 Å². The van der Waals surface area contributed by atoms with E-state index in [1.807, 2.05) is 42.5 Å². The molecule has 4 aromatic rings. The van der Waals surface area contributed by atoms with Gasteiger partial charge in [0.25, 0.3) is 0 Å². The van der Waals surface area contributed by atoms with E-state index in [4.69, 9.17) is 10.2 Å². The number of hydrogen-bond acceptors (Lipinski definition) is 4. The molecule has 0 unspecified atom stereocenters. The predicted molar refractivity (Wildman–Crippen MR) is 138 cm³/mol. The van der Waals surface area contributed by atoms with Crippen molar-refractivity contribution < 1.29 is 34.5 Å². The van der Waals surface area contributed by atoms with Gasteiger partial charge < -0.3 is 20.2 Å². The van der Waals surface area contributed by atoms with E-state index in [1.165, 1.54) is 12.1 Å². The Morgan fingerprint density at radius 2 is 1.06 bits per heavy atom. The van der Waals surface area contributed by atoms with Crippen LogP contribution >= 0.6 is 0 Å². The van der Waals surface area contributed by atoms with Gasteiger partial charge in [0.1, 0.15) is 0 Å². The Labute approximate surface area is 219 Å². The van der Waals surface area contributed by atoms with Crippen LogP contribution in [0.1, 0.15) is 38.7 Å². The summed E-state index contributed by atoms with van der Waals surface area (Å²) in [7, 11) is 0. The van der Waals surface area contributed by atoms with Gasteiger partial charge in [-0.2, -0.15) is 0 Å². The SMILES string of the molecule is C1=Cc2cc3ccc(cc4ccc(cc5nc(cc1n2)C=C5)[nH]4)[nH]3.O=C(O)c1ccc(CO)cc1.[Zn]. The van der Waals surface area contributed by atoms with E-state index in [0.29, 0.717) is 0 Å². The van der Waals surface area contributed by atoms with Gasteiger partial charge in [0, 0.05) is 41.5 Å². The number of aromatic carboxylic acids is 1. The van der Waals surface area contributed by atoms with Gasteiger partial charge in [-0.05, 0) is 90.5 Å². The van der Waals surface area contributed by atoms with Gasteiger partial charge in [-0.15, -0.1) is 0 Å². The maximum Gasteiger partial charge on any atom is 0.335 e. The zero-order valence-corrected chi connectivity index (χ0v) is 22.3. The van der Waals surface area contributed by atoms with Gasteiger partial charge in [-0.25, -0.2) is 14.8 Å². The molecule has 0 fully saturated rings. The van der Waals surface area contributed by atoms with E-state index in [2.05, 4.69) is 50.3 Å². The fraction of sp³-hybridized carbons (Fsp3) is 0.0357. The smallest absolute Gasteiger partial charge is 0.335 e. The molecule has 3 aromatic heterocycles. The number of benzene rings is 1. The Morgan fingerprint density at radius 1 is 0.639 bits per heavy atom. The number of carboxylic acids is 1. The van der Waals surface area contributed by atoms with E-state index < -0.39 is 5.97 Å². The third-order valence-electron chi connectivity index (χ3n) is 5.43. The van der Waals surface area contributed by atoms with Crippen molar-refractivity contribution in [3.8, 4) is 0 Å². The molecular formula is C28H22N4O3Zn. The topological polar surface area (TPSA) is 115 Å². The maximum atomic E-state index is 10.3. The van der Waals surface area contributed by atoms with Crippen LogP contribution in [-0.4, -0.2) is 36.1 Å². The Balaban J connectivity index is 0.000000216. The molecule has 2 aliphatic rings. The molecule has 0 aliphatic carbocycles. The first-order valence-electron chi connectivity index (χ1n) is 11.0. The van der Waals surface area contributed by atoms with Crippen molar-refractivity contribution in [3.63, 3.8) is 0 Å². The number of aromatic nitrogens is 4. The summed E-state index contributed by atoms with van der Waals surface area (Å²) in [6.45, 7) is -0.0557. The molecule has 0 spiro atoms. The number of rotatable bonds is 2. The van der Waals surface area contributed by atoms with Gasteiger partial charge in [0.15, 0.2) is 0 Å². The first kappa shape index (κ1) is 25.0. The van der Waals surface area contributed by atoms with Crippen LogP contribution in [-0.2, 0) is 26.1 Å². The third-order valence-corrected chi connectivity index (χ3v) is 5.43. The van der Waals surface area contributed by atoms with E-state index in [9.17, 15) is 4.79 Å². The number of aliphatic hydroxyl groups is 1. The number of carboxylic acid groups (broad SMARTS) is 1. The zero-order chi connectivity index (χ0) is 24.2. The average Bonchev–Trinajstić information content (AvgIpc) is 3.66. The first-order chi connectivity index (χ1) is 17.0. The van der Waals surface area contributed by atoms with E-state index in [-0.39, 0.29) is 31.6 Å². The average molecular weight is 528 g/mol. The van der Waals surface area contributed by atoms with Crippen molar-refractivity contribution >= 4 is 52.3 Å². The summed E-state index contributed by atoms with van der Waals surface area (Å²) < 4.78 is 0. The summed E-state index contributed by atoms with van der Waals surface area (Å²) in [6.07, 6.45) is 8.05. The van der Waals surface area contributed by atoms with Gasteiger partial charge in [0.2, 0.25) is 0 Å². The van der Waals surface area contributed by atoms with Gasteiger partial charge >= 0.3 is 5.97 Å². The Bertz CT molecular complexity index is 1530. The summed E-state index contributed by atoms with van der Waals surface area (Å²) in [4.78, 5) is 26.4. The Morgan fingerprint density at radius 3 is 1.47 bits per heavy atom. The van der Waals surface area contributed by atoms with Crippen LogP contribution < -0.4 is 0 Å². The second-order valence-corrected chi connectivity index (χ2v) is 8.07. The number of aliphatic hydroxyl groups excluding tert-OH is 1. The third kappa shape index (κ3) is 6.10. The Hall–Kier alpha value is -4.13. The molecule has 0 amide bonds. The molecule has 8 heteroatoms. The number of nitrogens with one attached hydrogen (secondary N) is 2. The van der Waals surface area contributed by atoms with Crippen LogP contribution in [0.4, 0.5) is 0 Å². The number of H-pyrrole nitrogens is 2. The molecule has 174 valence electrons. The molecule has 5 heterocycles. The number of aromatic amines is 2. The minimum Gasteiger partial charge on any atom is -0.478 e. The monoisotopic (exact) mass is 526 g/mol. The normalized spacial score (nSPS) is 11.4. The summed E-state index contributed by atoms with van der Waals surface area (Å²) >= 11 is 0. The minimum absolute atomic E-state index is 0. The van der Waals surface area contributed by atoms with Crippen molar-refractivity contribution in [1.29, 1.82) is 0 Å². The number of fused-ring (bicyclic) bond motifs is 8. The first-order valence-corrected chi connectivity index (χ1v) is 11.0.